The Morgan fingerprint density at radius 2 is 1.94 bits per heavy atom. The maximum absolute atomic E-state index is 9.70. The summed E-state index contributed by atoms with van der Waals surface area (Å²) >= 11 is 7.40. The van der Waals surface area contributed by atoms with E-state index in [1.165, 1.54) is 24.2 Å². The molecular weight excluding hydrogens is 428 g/mol. The zero-order valence-electron chi connectivity index (χ0n) is 17.7. The van der Waals surface area contributed by atoms with Gasteiger partial charge in [0.1, 0.15) is 11.1 Å². The van der Waals surface area contributed by atoms with Crippen molar-refractivity contribution in [2.45, 2.75) is 32.6 Å². The quantitative estimate of drug-likeness (QED) is 0.236. The number of benzene rings is 2. The minimum atomic E-state index is 0.500. The van der Waals surface area contributed by atoms with E-state index in [9.17, 15) is 5.26 Å². The number of thiazole rings is 1. The van der Waals surface area contributed by atoms with Crippen molar-refractivity contribution >= 4 is 34.6 Å². The summed E-state index contributed by atoms with van der Waals surface area (Å²) < 4.78 is 11.4. The Balaban J connectivity index is 1.76. The van der Waals surface area contributed by atoms with E-state index < -0.39 is 0 Å². The number of rotatable bonds is 10. The Bertz CT molecular complexity index is 1070. The Labute approximate surface area is 192 Å². The van der Waals surface area contributed by atoms with Crippen molar-refractivity contribution in [3.63, 3.8) is 0 Å². The largest absolute Gasteiger partial charge is 0.493 e. The van der Waals surface area contributed by atoms with Gasteiger partial charge in [-0.05, 0) is 42.3 Å². The van der Waals surface area contributed by atoms with Gasteiger partial charge in [-0.15, -0.1) is 11.3 Å². The van der Waals surface area contributed by atoms with Crippen molar-refractivity contribution in [2.24, 2.45) is 0 Å². The van der Waals surface area contributed by atoms with E-state index in [0.717, 1.165) is 29.7 Å². The van der Waals surface area contributed by atoms with E-state index in [0.29, 0.717) is 33.7 Å². The van der Waals surface area contributed by atoms with Crippen LogP contribution in [0.2, 0.25) is 5.02 Å². The second-order valence-electron chi connectivity index (χ2n) is 7.03. The lowest BCUT2D eigenvalue weighted by Crippen LogP contribution is -1.99. The highest BCUT2D eigenvalue weighted by Gasteiger charge is 2.11. The van der Waals surface area contributed by atoms with Crippen LogP contribution in [0.1, 0.15) is 43.2 Å². The van der Waals surface area contributed by atoms with Crippen molar-refractivity contribution in [1.82, 2.24) is 4.98 Å². The van der Waals surface area contributed by atoms with Crippen LogP contribution in [0.5, 0.6) is 11.5 Å². The van der Waals surface area contributed by atoms with Crippen LogP contribution < -0.4 is 9.47 Å². The van der Waals surface area contributed by atoms with Crippen LogP contribution in [0.15, 0.2) is 47.8 Å². The molecule has 0 saturated carbocycles. The number of nitrogens with zero attached hydrogens (tertiary/aromatic N) is 2. The zero-order valence-corrected chi connectivity index (χ0v) is 19.3. The summed E-state index contributed by atoms with van der Waals surface area (Å²) in [6, 6.07) is 15.5. The highest BCUT2D eigenvalue weighted by atomic mass is 35.5. The Morgan fingerprint density at radius 1 is 1.13 bits per heavy atom. The van der Waals surface area contributed by atoms with E-state index in [-0.39, 0.29) is 0 Å². The summed E-state index contributed by atoms with van der Waals surface area (Å²) in [6.45, 7) is 2.86. The van der Waals surface area contributed by atoms with Gasteiger partial charge in [0, 0.05) is 16.0 Å². The minimum absolute atomic E-state index is 0.500. The van der Waals surface area contributed by atoms with Crippen LogP contribution in [0.3, 0.4) is 0 Å². The normalized spacial score (nSPS) is 11.2. The molecular formula is C25H25ClN2O2S. The topological polar surface area (TPSA) is 55.1 Å². The van der Waals surface area contributed by atoms with Crippen LogP contribution >= 0.6 is 22.9 Å². The predicted molar refractivity (Wildman–Crippen MR) is 129 cm³/mol. The van der Waals surface area contributed by atoms with Crippen LogP contribution in [-0.2, 0) is 0 Å². The predicted octanol–water partition coefficient (Wildman–Crippen LogP) is 7.50. The van der Waals surface area contributed by atoms with Gasteiger partial charge in [-0.3, -0.25) is 0 Å². The van der Waals surface area contributed by atoms with Crippen LogP contribution in [0.25, 0.3) is 22.9 Å². The molecule has 0 amide bonds. The number of aromatic nitrogens is 1. The van der Waals surface area contributed by atoms with Crippen molar-refractivity contribution in [3.05, 3.63) is 63.4 Å². The summed E-state index contributed by atoms with van der Waals surface area (Å²) in [5, 5.41) is 13.0. The maximum atomic E-state index is 9.70. The third kappa shape index (κ3) is 6.33. The number of hydrogen-bond donors (Lipinski definition) is 0. The molecule has 31 heavy (non-hydrogen) atoms. The number of allylic oxidation sites excluding steroid dienone is 1. The second kappa shape index (κ2) is 11.5. The molecule has 0 N–H and O–H groups in total. The Morgan fingerprint density at radius 3 is 2.65 bits per heavy atom. The summed E-state index contributed by atoms with van der Waals surface area (Å²) in [6.07, 6.45) is 6.43. The molecule has 0 aliphatic rings. The molecule has 0 aliphatic carbocycles. The molecule has 3 aromatic rings. The van der Waals surface area contributed by atoms with E-state index in [1.807, 2.05) is 53.9 Å². The summed E-state index contributed by atoms with van der Waals surface area (Å²) in [5.41, 5.74) is 3.14. The first-order chi connectivity index (χ1) is 15.1. The van der Waals surface area contributed by atoms with E-state index in [4.69, 9.17) is 21.1 Å². The van der Waals surface area contributed by atoms with E-state index >= 15 is 0 Å². The average molecular weight is 453 g/mol. The Hall–Kier alpha value is -2.81. The minimum Gasteiger partial charge on any atom is -0.493 e. The molecule has 0 aliphatic heterocycles. The summed E-state index contributed by atoms with van der Waals surface area (Å²) in [4.78, 5) is 4.63. The number of methoxy groups -OCH3 is 1. The monoisotopic (exact) mass is 452 g/mol. The van der Waals surface area contributed by atoms with Crippen molar-refractivity contribution < 1.29 is 9.47 Å². The molecule has 0 fully saturated rings. The average Bonchev–Trinajstić information content (AvgIpc) is 3.28. The smallest absolute Gasteiger partial charge is 0.161 e. The van der Waals surface area contributed by atoms with Gasteiger partial charge in [0.25, 0.3) is 0 Å². The Kier molecular flexibility index (Phi) is 8.52. The standard InChI is InChI=1S/C25H25ClN2O2S/c1-3-4-5-6-13-30-23-12-7-18(15-24(23)29-2)14-20(16-27)25-28-22(17-31-25)19-8-10-21(26)11-9-19/h7-12,14-15,17H,3-6,13H2,1-2H3/b20-14-. The molecule has 160 valence electrons. The van der Waals surface area contributed by atoms with Crippen molar-refractivity contribution in [3.8, 4) is 28.8 Å². The third-order valence-electron chi connectivity index (χ3n) is 4.75. The van der Waals surface area contributed by atoms with Crippen LogP contribution in [-0.4, -0.2) is 18.7 Å². The number of ether oxygens (including phenoxy) is 2. The molecule has 0 spiro atoms. The van der Waals surface area contributed by atoms with E-state index in [2.05, 4.69) is 18.0 Å². The number of unbranched alkanes of at least 4 members (excludes halogenated alkanes) is 3. The molecule has 0 atom stereocenters. The highest BCUT2D eigenvalue weighted by Crippen LogP contribution is 2.31. The number of nitriles is 1. The fraction of sp³-hybridized carbons (Fsp3) is 0.280. The fourth-order valence-electron chi connectivity index (χ4n) is 3.06. The van der Waals surface area contributed by atoms with Gasteiger partial charge in [0.05, 0.1) is 25.0 Å². The van der Waals surface area contributed by atoms with E-state index in [1.54, 1.807) is 7.11 Å². The molecule has 6 heteroatoms. The van der Waals surface area contributed by atoms with Crippen LogP contribution in [0, 0.1) is 11.3 Å². The number of halogens is 1. The first-order valence-corrected chi connectivity index (χ1v) is 11.5. The molecule has 1 heterocycles. The molecule has 0 saturated heterocycles. The molecule has 0 radical (unpaired) electrons. The maximum Gasteiger partial charge on any atom is 0.161 e. The summed E-state index contributed by atoms with van der Waals surface area (Å²) in [7, 11) is 1.62. The molecule has 1 aromatic heterocycles. The van der Waals surface area contributed by atoms with Crippen molar-refractivity contribution in [1.29, 1.82) is 5.26 Å². The first-order valence-electron chi connectivity index (χ1n) is 10.3. The molecule has 2 aromatic carbocycles. The van der Waals surface area contributed by atoms with Gasteiger partial charge in [-0.1, -0.05) is 56.0 Å². The van der Waals surface area contributed by atoms with Gasteiger partial charge < -0.3 is 9.47 Å². The van der Waals surface area contributed by atoms with Crippen molar-refractivity contribution in [2.75, 3.05) is 13.7 Å². The van der Waals surface area contributed by atoms with Crippen LogP contribution in [0.4, 0.5) is 0 Å². The lowest BCUT2D eigenvalue weighted by Gasteiger charge is -2.11. The van der Waals surface area contributed by atoms with Gasteiger partial charge >= 0.3 is 0 Å². The first kappa shape index (κ1) is 22.9. The molecule has 3 rings (SSSR count). The molecule has 4 nitrogen and oxygen atoms in total. The molecule has 0 bridgehead atoms. The highest BCUT2D eigenvalue weighted by molar-refractivity contribution is 7.11. The van der Waals surface area contributed by atoms with Gasteiger partial charge in [-0.2, -0.15) is 5.26 Å². The van der Waals surface area contributed by atoms with Gasteiger partial charge in [0.15, 0.2) is 11.5 Å². The summed E-state index contributed by atoms with van der Waals surface area (Å²) in [5.74, 6) is 1.37. The number of hydrogen-bond acceptors (Lipinski definition) is 5. The lowest BCUT2D eigenvalue weighted by molar-refractivity contribution is 0.285. The second-order valence-corrected chi connectivity index (χ2v) is 8.33. The van der Waals surface area contributed by atoms with Gasteiger partial charge in [-0.25, -0.2) is 4.98 Å². The fourth-order valence-corrected chi connectivity index (χ4v) is 3.98. The molecule has 0 unspecified atom stereocenters. The lowest BCUT2D eigenvalue weighted by atomic mass is 10.1. The third-order valence-corrected chi connectivity index (χ3v) is 5.88. The SMILES string of the molecule is CCCCCCOc1ccc(/C=C(/C#N)c2nc(-c3ccc(Cl)cc3)cs2)cc1OC. The zero-order chi connectivity index (χ0) is 22.1. The van der Waals surface area contributed by atoms with Gasteiger partial charge in [0.2, 0.25) is 0 Å².